The number of carbonyl (C=O) groups excluding carboxylic acids is 1. The fourth-order valence-electron chi connectivity index (χ4n) is 2.74. The van der Waals surface area contributed by atoms with Crippen LogP contribution in [0.2, 0.25) is 0 Å². The van der Waals surface area contributed by atoms with Crippen LogP contribution in [0.4, 0.5) is 0 Å². The SMILES string of the molecule is CCCOc1ccc(S(=O)(=O)NCc2ccc(C(=O)c3ccccc3)s2)cc1C. The normalized spacial score (nSPS) is 11.4. The Hall–Kier alpha value is -2.48. The average Bonchev–Trinajstić information content (AvgIpc) is 3.20. The van der Waals surface area contributed by atoms with Gasteiger partial charge in [-0.05, 0) is 49.2 Å². The standard InChI is InChI=1S/C22H23NO4S2/c1-3-13-27-20-11-10-19(14-16(20)2)29(25,26)23-15-18-9-12-21(28-18)22(24)17-7-5-4-6-8-17/h4-12,14,23H,3,13,15H2,1-2H3. The van der Waals surface area contributed by atoms with Crippen molar-refractivity contribution in [2.75, 3.05) is 6.61 Å². The molecule has 0 saturated carbocycles. The van der Waals surface area contributed by atoms with Crippen molar-refractivity contribution in [3.05, 3.63) is 81.5 Å². The van der Waals surface area contributed by atoms with E-state index >= 15 is 0 Å². The molecule has 3 rings (SSSR count). The molecule has 3 aromatic rings. The fraction of sp³-hybridized carbons (Fsp3) is 0.227. The maximum Gasteiger partial charge on any atom is 0.240 e. The monoisotopic (exact) mass is 429 g/mol. The summed E-state index contributed by atoms with van der Waals surface area (Å²) in [7, 11) is -3.67. The predicted octanol–water partition coefficient (Wildman–Crippen LogP) is 4.55. The quantitative estimate of drug-likeness (QED) is 0.506. The van der Waals surface area contributed by atoms with Crippen LogP contribution in [-0.4, -0.2) is 20.8 Å². The van der Waals surface area contributed by atoms with E-state index in [1.165, 1.54) is 11.3 Å². The first-order chi connectivity index (χ1) is 13.9. The largest absolute Gasteiger partial charge is 0.493 e. The minimum Gasteiger partial charge on any atom is -0.493 e. The van der Waals surface area contributed by atoms with Crippen LogP contribution in [0.5, 0.6) is 5.75 Å². The van der Waals surface area contributed by atoms with Crippen LogP contribution in [0.3, 0.4) is 0 Å². The maximum absolute atomic E-state index is 12.6. The Morgan fingerprint density at radius 1 is 1.07 bits per heavy atom. The predicted molar refractivity (Wildman–Crippen MR) is 115 cm³/mol. The molecule has 152 valence electrons. The van der Waals surface area contributed by atoms with Crippen LogP contribution in [0.1, 0.15) is 39.0 Å². The lowest BCUT2D eigenvalue weighted by molar-refractivity contribution is 0.104. The van der Waals surface area contributed by atoms with E-state index in [0.717, 1.165) is 16.9 Å². The van der Waals surface area contributed by atoms with Gasteiger partial charge in [-0.1, -0.05) is 37.3 Å². The zero-order valence-electron chi connectivity index (χ0n) is 16.3. The molecule has 0 aliphatic carbocycles. The third-order valence-electron chi connectivity index (χ3n) is 4.28. The third kappa shape index (κ3) is 5.32. The van der Waals surface area contributed by atoms with E-state index < -0.39 is 10.0 Å². The minimum atomic E-state index is -3.67. The first-order valence-corrected chi connectivity index (χ1v) is 11.6. The van der Waals surface area contributed by atoms with Gasteiger partial charge in [-0.2, -0.15) is 0 Å². The number of rotatable bonds is 9. The molecule has 1 heterocycles. The van der Waals surface area contributed by atoms with Gasteiger partial charge in [0.2, 0.25) is 15.8 Å². The van der Waals surface area contributed by atoms with Gasteiger partial charge >= 0.3 is 0 Å². The highest BCUT2D eigenvalue weighted by molar-refractivity contribution is 7.89. The second-order valence-electron chi connectivity index (χ2n) is 6.56. The average molecular weight is 430 g/mol. The Bertz CT molecular complexity index is 1090. The number of benzene rings is 2. The lowest BCUT2D eigenvalue weighted by Gasteiger charge is -2.11. The van der Waals surface area contributed by atoms with Gasteiger partial charge in [0.15, 0.2) is 0 Å². The summed E-state index contributed by atoms with van der Waals surface area (Å²) >= 11 is 1.29. The Kier molecular flexibility index (Phi) is 6.84. The number of ketones is 1. The molecule has 5 nitrogen and oxygen atoms in total. The van der Waals surface area contributed by atoms with Gasteiger partial charge < -0.3 is 4.74 Å². The Morgan fingerprint density at radius 2 is 1.83 bits per heavy atom. The Balaban J connectivity index is 1.67. The van der Waals surface area contributed by atoms with Crippen molar-refractivity contribution in [2.45, 2.75) is 31.7 Å². The highest BCUT2D eigenvalue weighted by atomic mass is 32.2. The highest BCUT2D eigenvalue weighted by Gasteiger charge is 2.17. The molecule has 0 aliphatic rings. The van der Waals surface area contributed by atoms with E-state index in [2.05, 4.69) is 4.72 Å². The van der Waals surface area contributed by atoms with Crippen LogP contribution in [0.15, 0.2) is 65.6 Å². The molecule has 0 saturated heterocycles. The van der Waals surface area contributed by atoms with Crippen molar-refractivity contribution < 1.29 is 17.9 Å². The zero-order valence-corrected chi connectivity index (χ0v) is 18.0. The topological polar surface area (TPSA) is 72.5 Å². The molecule has 0 spiro atoms. The summed E-state index contributed by atoms with van der Waals surface area (Å²) < 4.78 is 33.5. The molecule has 0 fully saturated rings. The fourth-order valence-corrected chi connectivity index (χ4v) is 4.83. The number of aryl methyl sites for hydroxylation is 1. The summed E-state index contributed by atoms with van der Waals surface area (Å²) in [6, 6.07) is 17.3. The second-order valence-corrected chi connectivity index (χ2v) is 9.50. The molecule has 0 radical (unpaired) electrons. The third-order valence-corrected chi connectivity index (χ3v) is 6.76. The summed E-state index contributed by atoms with van der Waals surface area (Å²) in [5, 5.41) is 0. The van der Waals surface area contributed by atoms with Gasteiger partial charge in [-0.15, -0.1) is 11.3 Å². The smallest absolute Gasteiger partial charge is 0.240 e. The summed E-state index contributed by atoms with van der Waals surface area (Å²) in [4.78, 5) is 14.0. The summed E-state index contributed by atoms with van der Waals surface area (Å²) in [6.45, 7) is 4.56. The van der Waals surface area contributed by atoms with Gasteiger partial charge in [0.25, 0.3) is 0 Å². The molecule has 0 bridgehead atoms. The number of nitrogens with one attached hydrogen (secondary N) is 1. The molecule has 1 N–H and O–H groups in total. The molecule has 0 unspecified atom stereocenters. The molecule has 1 aromatic heterocycles. The Morgan fingerprint density at radius 3 is 2.52 bits per heavy atom. The van der Waals surface area contributed by atoms with Crippen LogP contribution in [-0.2, 0) is 16.6 Å². The summed E-state index contributed by atoms with van der Waals surface area (Å²) in [6.07, 6.45) is 0.886. The maximum atomic E-state index is 12.6. The van der Waals surface area contributed by atoms with Crippen molar-refractivity contribution in [1.82, 2.24) is 4.72 Å². The van der Waals surface area contributed by atoms with E-state index in [1.807, 2.05) is 32.0 Å². The molecule has 29 heavy (non-hydrogen) atoms. The molecule has 7 heteroatoms. The lowest BCUT2D eigenvalue weighted by atomic mass is 10.1. The summed E-state index contributed by atoms with van der Waals surface area (Å²) in [5.74, 6) is 0.621. The van der Waals surface area contributed by atoms with Gasteiger partial charge in [0.05, 0.1) is 16.4 Å². The number of hydrogen-bond donors (Lipinski definition) is 1. The van der Waals surface area contributed by atoms with Gasteiger partial charge in [0, 0.05) is 17.0 Å². The molecule has 2 aromatic carbocycles. The van der Waals surface area contributed by atoms with Crippen molar-refractivity contribution >= 4 is 27.1 Å². The van der Waals surface area contributed by atoms with Crippen LogP contribution < -0.4 is 9.46 Å². The lowest BCUT2D eigenvalue weighted by Crippen LogP contribution is -2.22. The number of hydrogen-bond acceptors (Lipinski definition) is 5. The van der Waals surface area contributed by atoms with Gasteiger partial charge in [-0.3, -0.25) is 4.79 Å². The number of sulfonamides is 1. The first kappa shape index (κ1) is 21.2. The highest BCUT2D eigenvalue weighted by Crippen LogP contribution is 2.23. The van der Waals surface area contributed by atoms with Crippen LogP contribution in [0, 0.1) is 6.92 Å². The van der Waals surface area contributed by atoms with Crippen LogP contribution >= 0.6 is 11.3 Å². The number of thiophene rings is 1. The van der Waals surface area contributed by atoms with E-state index in [-0.39, 0.29) is 17.2 Å². The van der Waals surface area contributed by atoms with E-state index in [9.17, 15) is 13.2 Å². The summed E-state index contributed by atoms with van der Waals surface area (Å²) in [5.41, 5.74) is 1.38. The van der Waals surface area contributed by atoms with Crippen molar-refractivity contribution in [2.24, 2.45) is 0 Å². The molecule has 0 aliphatic heterocycles. The minimum absolute atomic E-state index is 0.0667. The second kappa shape index (κ2) is 9.35. The van der Waals surface area contributed by atoms with E-state index in [1.54, 1.807) is 42.5 Å². The van der Waals surface area contributed by atoms with Crippen LogP contribution in [0.25, 0.3) is 0 Å². The molecular weight excluding hydrogens is 406 g/mol. The zero-order chi connectivity index (χ0) is 20.9. The van der Waals surface area contributed by atoms with Crippen molar-refractivity contribution in [1.29, 1.82) is 0 Å². The van der Waals surface area contributed by atoms with Gasteiger partial charge in [-0.25, -0.2) is 13.1 Å². The van der Waals surface area contributed by atoms with Gasteiger partial charge in [0.1, 0.15) is 5.75 Å². The van der Waals surface area contributed by atoms with E-state index in [0.29, 0.717) is 22.8 Å². The molecular formula is C22H23NO4S2. The number of ether oxygens (including phenoxy) is 1. The first-order valence-electron chi connectivity index (χ1n) is 9.32. The number of carbonyl (C=O) groups is 1. The van der Waals surface area contributed by atoms with Crippen molar-refractivity contribution in [3.63, 3.8) is 0 Å². The van der Waals surface area contributed by atoms with E-state index in [4.69, 9.17) is 4.74 Å². The molecule has 0 amide bonds. The molecule has 0 atom stereocenters. The van der Waals surface area contributed by atoms with Crippen molar-refractivity contribution in [3.8, 4) is 5.75 Å². The Labute approximate surface area is 175 Å².